The zero-order valence-electron chi connectivity index (χ0n) is 8.71. The second-order valence-electron chi connectivity index (χ2n) is 2.58. The quantitative estimate of drug-likeness (QED) is 0.487. The first-order valence-electron chi connectivity index (χ1n) is 4.06. The van der Waals surface area contributed by atoms with Crippen LogP contribution in [0.1, 0.15) is 5.82 Å². The average molecular weight is 297 g/mol. The van der Waals surface area contributed by atoms with Crippen LogP contribution < -0.4 is 9.14 Å². The number of amides is 2. The summed E-state index contributed by atoms with van der Waals surface area (Å²) in [5.41, 5.74) is 0. The van der Waals surface area contributed by atoms with Gasteiger partial charge in [-0.15, -0.1) is 0 Å². The highest BCUT2D eigenvalue weighted by molar-refractivity contribution is 7.98. The third kappa shape index (κ3) is 3.49. The minimum atomic E-state index is -2.88. The number of anilines is 1. The van der Waals surface area contributed by atoms with Crippen molar-refractivity contribution in [2.45, 2.75) is 12.1 Å². The standard InChI is InChI=1S/C6H8ClN5O3S2/c1-3-8-4(10-5(9-3)16-2)12(17(14)15)6(13)11-7/h1-2H3,(H,11,13)(H,14,15)/p-1. The van der Waals surface area contributed by atoms with E-state index in [1.807, 2.05) is 0 Å². The van der Waals surface area contributed by atoms with E-state index in [2.05, 4.69) is 15.0 Å². The van der Waals surface area contributed by atoms with Crippen LogP contribution in [-0.4, -0.2) is 36.0 Å². The van der Waals surface area contributed by atoms with Crippen molar-refractivity contribution in [2.75, 3.05) is 10.6 Å². The molecule has 0 spiro atoms. The van der Waals surface area contributed by atoms with Crippen LogP contribution in [0.2, 0.25) is 0 Å². The Balaban J connectivity index is 3.23. The zero-order valence-corrected chi connectivity index (χ0v) is 11.1. The molecule has 0 aliphatic heterocycles. The number of thioether (sulfide) groups is 1. The molecule has 1 atom stereocenters. The van der Waals surface area contributed by atoms with E-state index in [0.29, 0.717) is 9.46 Å². The summed E-state index contributed by atoms with van der Waals surface area (Å²) in [4.78, 5) is 24.4. The molecule has 1 N–H and O–H groups in total. The zero-order chi connectivity index (χ0) is 13.0. The van der Waals surface area contributed by atoms with E-state index in [9.17, 15) is 13.6 Å². The fourth-order valence-electron chi connectivity index (χ4n) is 0.889. The number of hydrogen-bond donors (Lipinski definition) is 1. The van der Waals surface area contributed by atoms with E-state index in [1.54, 1.807) is 18.0 Å². The Hall–Kier alpha value is -0.970. The van der Waals surface area contributed by atoms with Crippen LogP contribution >= 0.6 is 23.5 Å². The van der Waals surface area contributed by atoms with Crippen LogP contribution in [0.25, 0.3) is 0 Å². The maximum Gasteiger partial charge on any atom is 0.350 e. The molecule has 0 saturated carbocycles. The van der Waals surface area contributed by atoms with Gasteiger partial charge in [0.15, 0.2) is 5.16 Å². The van der Waals surface area contributed by atoms with Crippen molar-refractivity contribution >= 4 is 46.8 Å². The minimum Gasteiger partial charge on any atom is -0.755 e. The molecule has 0 aromatic carbocycles. The number of hydrogen-bond acceptors (Lipinski definition) is 7. The van der Waals surface area contributed by atoms with Gasteiger partial charge in [0, 0.05) is 11.8 Å². The Morgan fingerprint density at radius 2 is 2.18 bits per heavy atom. The summed E-state index contributed by atoms with van der Waals surface area (Å²) in [5, 5.41) is 0.297. The predicted octanol–water partition coefficient (Wildman–Crippen LogP) is 0.366. The summed E-state index contributed by atoms with van der Waals surface area (Å²) in [6, 6.07) is -1.07. The molecule has 1 rings (SSSR count). The van der Waals surface area contributed by atoms with Crippen molar-refractivity contribution in [3.63, 3.8) is 0 Å². The van der Waals surface area contributed by atoms with Crippen molar-refractivity contribution < 1.29 is 13.6 Å². The van der Waals surface area contributed by atoms with Crippen molar-refractivity contribution in [1.82, 2.24) is 19.8 Å². The van der Waals surface area contributed by atoms with Gasteiger partial charge in [-0.05, 0) is 13.2 Å². The van der Waals surface area contributed by atoms with Crippen LogP contribution in [0, 0.1) is 6.92 Å². The number of urea groups is 1. The molecular weight excluding hydrogens is 290 g/mol. The van der Waals surface area contributed by atoms with Gasteiger partial charge in [0.1, 0.15) is 5.82 Å². The number of nitrogens with zero attached hydrogens (tertiary/aromatic N) is 4. The second-order valence-corrected chi connectivity index (χ2v) is 4.34. The molecule has 1 unspecified atom stereocenters. The fraction of sp³-hybridized carbons (Fsp3) is 0.333. The summed E-state index contributed by atoms with van der Waals surface area (Å²) in [6.07, 6.45) is 1.71. The molecule has 0 bridgehead atoms. The molecule has 2 amide bonds. The molecule has 8 nitrogen and oxygen atoms in total. The highest BCUT2D eigenvalue weighted by atomic mass is 35.5. The lowest BCUT2D eigenvalue weighted by atomic mass is 10.7. The SMILES string of the molecule is CSc1nc(C)nc(N(C(=O)NCl)S(=O)[O-])n1. The predicted molar refractivity (Wildman–Crippen MR) is 62.1 cm³/mol. The van der Waals surface area contributed by atoms with Crippen LogP contribution in [-0.2, 0) is 11.3 Å². The van der Waals surface area contributed by atoms with E-state index < -0.39 is 17.3 Å². The van der Waals surface area contributed by atoms with Crippen molar-refractivity contribution in [1.29, 1.82) is 0 Å². The largest absolute Gasteiger partial charge is 0.755 e. The molecule has 1 aromatic heterocycles. The first-order chi connectivity index (χ1) is 7.99. The Bertz CT molecular complexity index is 459. The molecule has 0 radical (unpaired) electrons. The topological polar surface area (TPSA) is 111 Å². The van der Waals surface area contributed by atoms with Crippen LogP contribution in [0.3, 0.4) is 0 Å². The first kappa shape index (κ1) is 14.1. The molecule has 17 heavy (non-hydrogen) atoms. The molecule has 0 fully saturated rings. The number of nitrogens with one attached hydrogen (secondary N) is 1. The monoisotopic (exact) mass is 296 g/mol. The Kier molecular flexibility index (Phi) is 5.05. The number of carbonyl (C=O) groups excluding carboxylic acids is 1. The van der Waals surface area contributed by atoms with Gasteiger partial charge in [-0.1, -0.05) is 11.8 Å². The van der Waals surface area contributed by atoms with Crippen molar-refractivity contribution in [2.24, 2.45) is 0 Å². The molecule has 94 valence electrons. The van der Waals surface area contributed by atoms with Gasteiger partial charge in [-0.2, -0.15) is 14.3 Å². The molecule has 11 heteroatoms. The normalized spacial score (nSPS) is 12.0. The van der Waals surface area contributed by atoms with Crippen molar-refractivity contribution in [3.05, 3.63) is 5.82 Å². The van der Waals surface area contributed by atoms with Gasteiger partial charge in [0.25, 0.3) is 0 Å². The number of carbonyl (C=O) groups is 1. The highest BCUT2D eigenvalue weighted by Crippen LogP contribution is 2.15. The molecule has 0 saturated heterocycles. The maximum absolute atomic E-state index is 11.2. The van der Waals surface area contributed by atoms with Gasteiger partial charge in [-0.25, -0.2) is 14.6 Å². The minimum absolute atomic E-state index is 0.289. The van der Waals surface area contributed by atoms with Gasteiger partial charge in [0.2, 0.25) is 5.95 Å². The van der Waals surface area contributed by atoms with E-state index in [-0.39, 0.29) is 11.8 Å². The van der Waals surface area contributed by atoms with Crippen molar-refractivity contribution in [3.8, 4) is 0 Å². The summed E-state index contributed by atoms with van der Waals surface area (Å²) in [6.45, 7) is 1.55. The lowest BCUT2D eigenvalue weighted by Crippen LogP contribution is -2.38. The smallest absolute Gasteiger partial charge is 0.350 e. The third-order valence-electron chi connectivity index (χ3n) is 1.49. The first-order valence-corrected chi connectivity index (χ1v) is 6.69. The van der Waals surface area contributed by atoms with Crippen LogP contribution in [0.15, 0.2) is 5.16 Å². The summed E-state index contributed by atoms with van der Waals surface area (Å²) >= 11 is 3.38. The fourth-order valence-corrected chi connectivity index (χ4v) is 1.82. The number of rotatable bonds is 3. The Morgan fingerprint density at radius 1 is 1.53 bits per heavy atom. The van der Waals surface area contributed by atoms with Crippen LogP contribution in [0.5, 0.6) is 0 Å². The summed E-state index contributed by atoms with van der Waals surface area (Å²) < 4.78 is 22.1. The molecule has 1 heterocycles. The van der Waals surface area contributed by atoms with E-state index in [1.165, 1.54) is 11.8 Å². The lowest BCUT2D eigenvalue weighted by Gasteiger charge is -2.20. The van der Waals surface area contributed by atoms with E-state index >= 15 is 0 Å². The lowest BCUT2D eigenvalue weighted by molar-refractivity contribution is 0.254. The highest BCUT2D eigenvalue weighted by Gasteiger charge is 2.20. The summed E-state index contributed by atoms with van der Waals surface area (Å²) in [7, 11) is 0. The number of aryl methyl sites for hydroxylation is 1. The number of aromatic nitrogens is 3. The van der Waals surface area contributed by atoms with Gasteiger partial charge < -0.3 is 4.55 Å². The second kappa shape index (κ2) is 6.10. The number of halogens is 1. The third-order valence-corrected chi connectivity index (χ3v) is 2.83. The average Bonchev–Trinajstić information content (AvgIpc) is 2.27. The van der Waals surface area contributed by atoms with Crippen LogP contribution in [0.4, 0.5) is 10.7 Å². The van der Waals surface area contributed by atoms with Gasteiger partial charge in [0.05, 0.1) is 11.3 Å². The summed E-state index contributed by atoms with van der Waals surface area (Å²) in [5.74, 6) is -0.0227. The van der Waals surface area contributed by atoms with E-state index in [0.717, 1.165) is 0 Å². The Morgan fingerprint density at radius 3 is 2.65 bits per heavy atom. The van der Waals surface area contributed by atoms with Gasteiger partial charge >= 0.3 is 6.03 Å². The molecule has 0 aliphatic carbocycles. The molecule has 1 aromatic rings. The molecular formula is C6H7ClN5O3S2-. The maximum atomic E-state index is 11.2. The van der Waals surface area contributed by atoms with E-state index in [4.69, 9.17) is 11.8 Å². The molecule has 0 aliphatic rings. The Labute approximate surface area is 109 Å². The van der Waals surface area contributed by atoms with Gasteiger partial charge in [-0.3, -0.25) is 4.21 Å².